The van der Waals surface area contributed by atoms with Gasteiger partial charge in [-0.1, -0.05) is 39.7 Å². The molecule has 0 aliphatic carbocycles. The van der Waals surface area contributed by atoms with Gasteiger partial charge < -0.3 is 25.1 Å². The summed E-state index contributed by atoms with van der Waals surface area (Å²) < 4.78 is 15.9. The number of carbonyl (C=O) groups excluding carboxylic acids is 3. The minimum absolute atomic E-state index is 0.0146. The third-order valence-corrected chi connectivity index (χ3v) is 5.10. The monoisotopic (exact) mass is 465 g/mol. The first-order valence-corrected chi connectivity index (χ1v) is 11.3. The van der Waals surface area contributed by atoms with Crippen LogP contribution in [0.1, 0.15) is 77.7 Å². The van der Waals surface area contributed by atoms with E-state index in [0.29, 0.717) is 18.4 Å². The van der Waals surface area contributed by atoms with Crippen LogP contribution in [-0.2, 0) is 23.9 Å². The van der Waals surface area contributed by atoms with E-state index in [-0.39, 0.29) is 30.9 Å². The summed E-state index contributed by atoms with van der Waals surface area (Å²) in [5, 5.41) is 9.52. The Labute approximate surface area is 194 Å². The highest BCUT2D eigenvalue weighted by molar-refractivity contribution is 5.77. The lowest BCUT2D eigenvalue weighted by molar-refractivity contribution is -0.143. The molecule has 0 aliphatic rings. The molecule has 0 amide bonds. The molecule has 33 heavy (non-hydrogen) atoms. The minimum atomic E-state index is -1.31. The van der Waals surface area contributed by atoms with Crippen molar-refractivity contribution < 1.29 is 38.5 Å². The van der Waals surface area contributed by atoms with E-state index in [1.165, 1.54) is 19.1 Å². The molecule has 9 heteroatoms. The lowest BCUT2D eigenvalue weighted by Gasteiger charge is -2.28. The number of hydrogen-bond acceptors (Lipinski definition) is 8. The van der Waals surface area contributed by atoms with Crippen molar-refractivity contribution in [3.63, 3.8) is 0 Å². The van der Waals surface area contributed by atoms with Gasteiger partial charge in [-0.25, -0.2) is 0 Å². The van der Waals surface area contributed by atoms with E-state index < -0.39 is 41.8 Å². The van der Waals surface area contributed by atoms with E-state index in [0.717, 1.165) is 12.8 Å². The molecule has 0 spiro atoms. The molecule has 2 unspecified atom stereocenters. The van der Waals surface area contributed by atoms with Gasteiger partial charge in [0.25, 0.3) is 0 Å². The Bertz CT molecular complexity index is 823. The van der Waals surface area contributed by atoms with Crippen LogP contribution in [0.3, 0.4) is 0 Å². The zero-order valence-corrected chi connectivity index (χ0v) is 19.8. The van der Waals surface area contributed by atoms with Crippen LogP contribution < -0.4 is 15.2 Å². The Morgan fingerprint density at radius 3 is 2.00 bits per heavy atom. The number of rotatable bonds is 14. The van der Waals surface area contributed by atoms with Crippen molar-refractivity contribution in [2.45, 2.75) is 78.2 Å². The third-order valence-electron chi connectivity index (χ3n) is 5.10. The molecule has 0 aromatic heterocycles. The maximum atomic E-state index is 12.3. The lowest BCUT2D eigenvalue weighted by atomic mass is 9.82. The van der Waals surface area contributed by atoms with Gasteiger partial charge in [-0.15, -0.1) is 0 Å². The molecule has 0 fully saturated rings. The smallest absolute Gasteiger partial charge is 0.321 e. The zero-order chi connectivity index (χ0) is 25.0. The van der Waals surface area contributed by atoms with Gasteiger partial charge in [0.1, 0.15) is 6.04 Å². The van der Waals surface area contributed by atoms with Crippen LogP contribution in [0.2, 0.25) is 0 Å². The predicted molar refractivity (Wildman–Crippen MR) is 121 cm³/mol. The van der Waals surface area contributed by atoms with Crippen LogP contribution >= 0.6 is 0 Å². The van der Waals surface area contributed by atoms with Crippen molar-refractivity contribution in [2.75, 3.05) is 6.61 Å². The van der Waals surface area contributed by atoms with Crippen molar-refractivity contribution in [3.8, 4) is 11.5 Å². The quantitative estimate of drug-likeness (QED) is 0.311. The predicted octanol–water partition coefficient (Wildman–Crippen LogP) is 3.57. The maximum Gasteiger partial charge on any atom is 0.321 e. The summed E-state index contributed by atoms with van der Waals surface area (Å²) in [6.07, 6.45) is 3.32. The van der Waals surface area contributed by atoms with Crippen molar-refractivity contribution >= 4 is 23.9 Å². The molecular formula is C24H35NO8. The van der Waals surface area contributed by atoms with Crippen LogP contribution in [0.4, 0.5) is 0 Å². The van der Waals surface area contributed by atoms with Crippen LogP contribution in [0.15, 0.2) is 18.2 Å². The van der Waals surface area contributed by atoms with Gasteiger partial charge in [0.15, 0.2) is 11.5 Å². The van der Waals surface area contributed by atoms with Crippen LogP contribution in [0.5, 0.6) is 11.5 Å². The van der Waals surface area contributed by atoms with Crippen molar-refractivity contribution in [1.29, 1.82) is 0 Å². The zero-order valence-electron chi connectivity index (χ0n) is 19.8. The van der Waals surface area contributed by atoms with Gasteiger partial charge in [0, 0.05) is 25.7 Å². The molecular weight excluding hydrogens is 430 g/mol. The second kappa shape index (κ2) is 14.3. The van der Waals surface area contributed by atoms with Gasteiger partial charge in [-0.3, -0.25) is 19.2 Å². The van der Waals surface area contributed by atoms with E-state index in [1.54, 1.807) is 13.0 Å². The molecule has 0 saturated heterocycles. The SMILES string of the molecule is CCCCC(=O)Oc1ccc(C(C(C)COC(C)=O)[C@H](N)C(=O)O)cc1OC(=O)CCCC. The Balaban J connectivity index is 3.33. The molecule has 3 atom stereocenters. The molecule has 3 N–H and O–H groups in total. The second-order valence-electron chi connectivity index (χ2n) is 8.03. The Hall–Kier alpha value is -2.94. The molecule has 0 heterocycles. The number of unbranched alkanes of at least 4 members (excludes halogenated alkanes) is 2. The number of carboxylic acids is 1. The number of carbonyl (C=O) groups is 4. The molecule has 1 aromatic rings. The number of ether oxygens (including phenoxy) is 3. The summed E-state index contributed by atoms with van der Waals surface area (Å²) in [7, 11) is 0. The van der Waals surface area contributed by atoms with E-state index in [1.807, 2.05) is 13.8 Å². The number of carboxylic acid groups (broad SMARTS) is 1. The van der Waals surface area contributed by atoms with Crippen LogP contribution in [0.25, 0.3) is 0 Å². The molecule has 1 aromatic carbocycles. The number of esters is 3. The van der Waals surface area contributed by atoms with Crippen molar-refractivity contribution in [3.05, 3.63) is 23.8 Å². The van der Waals surface area contributed by atoms with E-state index in [4.69, 9.17) is 19.9 Å². The van der Waals surface area contributed by atoms with Gasteiger partial charge in [0.05, 0.1) is 6.61 Å². The standard InChI is InChI=1S/C24H35NO8/c1-5-7-9-20(27)32-18-12-11-17(13-19(18)33-21(28)10-8-6-2)22(23(25)24(29)30)15(3)14-31-16(4)26/h11-13,15,22-23H,5-10,14,25H2,1-4H3,(H,29,30)/t15?,22?,23-/m0/s1. The molecule has 0 radical (unpaired) electrons. The fourth-order valence-corrected chi connectivity index (χ4v) is 3.28. The summed E-state index contributed by atoms with van der Waals surface area (Å²) in [5.74, 6) is -3.82. The highest BCUT2D eigenvalue weighted by Gasteiger charge is 2.32. The van der Waals surface area contributed by atoms with Crippen LogP contribution in [-0.4, -0.2) is 41.6 Å². The summed E-state index contributed by atoms with van der Waals surface area (Å²) in [4.78, 5) is 47.3. The highest BCUT2D eigenvalue weighted by atomic mass is 16.6. The maximum absolute atomic E-state index is 12.3. The first-order chi connectivity index (χ1) is 15.6. The fraction of sp³-hybridized carbons (Fsp3) is 0.583. The average molecular weight is 466 g/mol. The Morgan fingerprint density at radius 2 is 1.52 bits per heavy atom. The van der Waals surface area contributed by atoms with Crippen LogP contribution in [0, 0.1) is 5.92 Å². The van der Waals surface area contributed by atoms with Crippen molar-refractivity contribution in [2.24, 2.45) is 11.7 Å². The average Bonchev–Trinajstić information content (AvgIpc) is 2.76. The lowest BCUT2D eigenvalue weighted by Crippen LogP contribution is -2.40. The summed E-state index contributed by atoms with van der Waals surface area (Å²) in [6, 6.07) is 3.19. The first kappa shape index (κ1) is 28.1. The van der Waals surface area contributed by atoms with E-state index in [9.17, 15) is 24.3 Å². The normalized spacial score (nSPS) is 13.5. The minimum Gasteiger partial charge on any atom is -0.480 e. The topological polar surface area (TPSA) is 142 Å². The molecule has 184 valence electrons. The first-order valence-electron chi connectivity index (χ1n) is 11.3. The van der Waals surface area contributed by atoms with E-state index in [2.05, 4.69) is 0 Å². The second-order valence-corrected chi connectivity index (χ2v) is 8.03. The summed E-state index contributed by atoms with van der Waals surface area (Å²) in [5.41, 5.74) is 6.41. The fourth-order valence-electron chi connectivity index (χ4n) is 3.28. The van der Waals surface area contributed by atoms with Gasteiger partial charge in [0.2, 0.25) is 0 Å². The molecule has 0 bridgehead atoms. The van der Waals surface area contributed by atoms with Crippen molar-refractivity contribution in [1.82, 2.24) is 0 Å². The number of nitrogens with two attached hydrogens (primary N) is 1. The third kappa shape index (κ3) is 9.61. The van der Waals surface area contributed by atoms with Gasteiger partial charge in [-0.05, 0) is 36.5 Å². The summed E-state index contributed by atoms with van der Waals surface area (Å²) >= 11 is 0. The van der Waals surface area contributed by atoms with E-state index >= 15 is 0 Å². The Morgan fingerprint density at radius 1 is 0.970 bits per heavy atom. The summed E-state index contributed by atoms with van der Waals surface area (Å²) in [6.45, 7) is 6.82. The largest absolute Gasteiger partial charge is 0.480 e. The molecule has 9 nitrogen and oxygen atoms in total. The van der Waals surface area contributed by atoms with Gasteiger partial charge >= 0.3 is 23.9 Å². The number of aliphatic carboxylic acids is 1. The molecule has 0 aliphatic heterocycles. The molecule has 1 rings (SSSR count). The number of hydrogen-bond donors (Lipinski definition) is 2. The highest BCUT2D eigenvalue weighted by Crippen LogP contribution is 2.36. The molecule has 0 saturated carbocycles. The van der Waals surface area contributed by atoms with Gasteiger partial charge in [-0.2, -0.15) is 0 Å². The Kier molecular flexibility index (Phi) is 12.1. The number of benzene rings is 1.